The number of nitrogens with zero attached hydrogens (tertiary/aromatic N) is 1. The molecule has 3 amide bonds. The average molecular weight is 203 g/mol. The number of nitrogens with two attached hydrogens (primary N) is 2. The number of carbonyl (C=O) groups is 3. The van der Waals surface area contributed by atoms with Crippen LogP contribution in [0, 0.1) is 0 Å². The molecule has 0 radical (unpaired) electrons. The van der Waals surface area contributed by atoms with Crippen LogP contribution in [-0.4, -0.2) is 40.3 Å². The predicted molar refractivity (Wildman–Crippen MR) is 46.7 cm³/mol. The summed E-state index contributed by atoms with van der Waals surface area (Å²) in [4.78, 5) is 33.5. The average Bonchev–Trinajstić information content (AvgIpc) is 2.35. The molecule has 1 heterocycles. The van der Waals surface area contributed by atoms with Gasteiger partial charge in [-0.25, -0.2) is 0 Å². The zero-order valence-corrected chi connectivity index (χ0v) is 7.54. The first-order valence-corrected chi connectivity index (χ1v) is 4.53. The standard InChI is InChI=1S/C6H9N3O3S/c7-3(5(8)11)1-9-4(10)2-13-6(9)12/h3H,1-2,7H2,(H2,8,11). The Morgan fingerprint density at radius 1 is 1.62 bits per heavy atom. The number of rotatable bonds is 3. The van der Waals surface area contributed by atoms with Crippen molar-refractivity contribution in [1.29, 1.82) is 0 Å². The zero-order valence-electron chi connectivity index (χ0n) is 6.73. The van der Waals surface area contributed by atoms with Crippen molar-refractivity contribution in [2.45, 2.75) is 6.04 Å². The maximum Gasteiger partial charge on any atom is 0.288 e. The summed E-state index contributed by atoms with van der Waals surface area (Å²) in [7, 11) is 0. The maximum atomic E-state index is 11.0. The van der Waals surface area contributed by atoms with Crippen molar-refractivity contribution >= 4 is 28.8 Å². The van der Waals surface area contributed by atoms with Gasteiger partial charge in [-0.1, -0.05) is 11.8 Å². The van der Waals surface area contributed by atoms with Gasteiger partial charge in [-0.15, -0.1) is 0 Å². The Hall–Kier alpha value is -1.08. The van der Waals surface area contributed by atoms with Crippen LogP contribution in [0.3, 0.4) is 0 Å². The molecule has 1 fully saturated rings. The molecular weight excluding hydrogens is 194 g/mol. The van der Waals surface area contributed by atoms with Crippen molar-refractivity contribution in [2.24, 2.45) is 11.5 Å². The van der Waals surface area contributed by atoms with Crippen LogP contribution >= 0.6 is 11.8 Å². The van der Waals surface area contributed by atoms with Gasteiger partial charge in [0, 0.05) is 0 Å². The molecule has 1 aliphatic rings. The molecule has 13 heavy (non-hydrogen) atoms. The van der Waals surface area contributed by atoms with Crippen molar-refractivity contribution in [2.75, 3.05) is 12.3 Å². The Labute approximate surface area is 78.6 Å². The van der Waals surface area contributed by atoms with Crippen LogP contribution < -0.4 is 11.5 Å². The van der Waals surface area contributed by atoms with Gasteiger partial charge in [0.1, 0.15) is 6.04 Å². The van der Waals surface area contributed by atoms with Crippen LogP contribution in [0.2, 0.25) is 0 Å². The van der Waals surface area contributed by atoms with Gasteiger partial charge in [0.15, 0.2) is 0 Å². The highest BCUT2D eigenvalue weighted by Crippen LogP contribution is 2.18. The number of imide groups is 1. The fraction of sp³-hybridized carbons (Fsp3) is 0.500. The van der Waals surface area contributed by atoms with Gasteiger partial charge in [-0.2, -0.15) is 0 Å². The molecule has 0 aromatic carbocycles. The Morgan fingerprint density at radius 2 is 2.23 bits per heavy atom. The SMILES string of the molecule is NC(=O)C(N)CN1C(=O)CSC1=O. The first-order chi connectivity index (χ1) is 6.02. The monoisotopic (exact) mass is 203 g/mol. The molecule has 0 saturated carbocycles. The zero-order chi connectivity index (χ0) is 10.0. The minimum Gasteiger partial charge on any atom is -0.368 e. The Morgan fingerprint density at radius 3 is 2.62 bits per heavy atom. The van der Waals surface area contributed by atoms with Gasteiger partial charge >= 0.3 is 0 Å². The number of thioether (sulfide) groups is 1. The van der Waals surface area contributed by atoms with E-state index >= 15 is 0 Å². The van der Waals surface area contributed by atoms with Crippen molar-refractivity contribution in [3.63, 3.8) is 0 Å². The van der Waals surface area contributed by atoms with Crippen LogP contribution in [0.5, 0.6) is 0 Å². The summed E-state index contributed by atoms with van der Waals surface area (Å²) < 4.78 is 0. The van der Waals surface area contributed by atoms with E-state index in [2.05, 4.69) is 0 Å². The van der Waals surface area contributed by atoms with Gasteiger partial charge in [0.05, 0.1) is 12.3 Å². The molecule has 1 aliphatic heterocycles. The molecule has 0 aromatic rings. The van der Waals surface area contributed by atoms with E-state index in [1.165, 1.54) is 0 Å². The molecule has 7 heteroatoms. The number of hydrogen-bond donors (Lipinski definition) is 2. The van der Waals surface area contributed by atoms with Crippen LogP contribution in [0.25, 0.3) is 0 Å². The van der Waals surface area contributed by atoms with Crippen LogP contribution in [0.15, 0.2) is 0 Å². The van der Waals surface area contributed by atoms with Gasteiger partial charge in [0.25, 0.3) is 5.24 Å². The van der Waals surface area contributed by atoms with Crippen molar-refractivity contribution in [1.82, 2.24) is 4.90 Å². The van der Waals surface area contributed by atoms with E-state index < -0.39 is 11.9 Å². The van der Waals surface area contributed by atoms with Gasteiger partial charge in [-0.05, 0) is 0 Å². The minimum atomic E-state index is -0.980. The van der Waals surface area contributed by atoms with Gasteiger partial charge in [0.2, 0.25) is 11.8 Å². The van der Waals surface area contributed by atoms with Gasteiger partial charge in [-0.3, -0.25) is 19.3 Å². The summed E-state index contributed by atoms with van der Waals surface area (Å²) in [5.74, 6) is -0.936. The van der Waals surface area contributed by atoms with Gasteiger partial charge < -0.3 is 11.5 Å². The molecule has 1 atom stereocenters. The maximum absolute atomic E-state index is 11.0. The van der Waals surface area contributed by atoms with Crippen LogP contribution in [-0.2, 0) is 9.59 Å². The van der Waals surface area contributed by atoms with Crippen LogP contribution in [0.1, 0.15) is 0 Å². The summed E-state index contributed by atoms with van der Waals surface area (Å²) in [5, 5.41) is -0.373. The highest BCUT2D eigenvalue weighted by Gasteiger charge is 2.31. The lowest BCUT2D eigenvalue weighted by molar-refractivity contribution is -0.125. The molecular formula is C6H9N3O3S. The molecule has 1 unspecified atom stereocenters. The largest absolute Gasteiger partial charge is 0.368 e. The molecule has 1 saturated heterocycles. The molecule has 1 rings (SSSR count). The van der Waals surface area contributed by atoms with Crippen molar-refractivity contribution in [3.8, 4) is 0 Å². The Balaban J connectivity index is 2.57. The number of hydrogen-bond acceptors (Lipinski definition) is 5. The Bertz CT molecular complexity index is 252. The third-order valence-corrected chi connectivity index (χ3v) is 2.44. The van der Waals surface area contributed by atoms with E-state index in [9.17, 15) is 14.4 Å². The molecule has 4 N–H and O–H groups in total. The highest BCUT2D eigenvalue weighted by molar-refractivity contribution is 8.14. The normalized spacial score (nSPS) is 19.3. The third-order valence-electron chi connectivity index (χ3n) is 1.59. The molecule has 0 aliphatic carbocycles. The lowest BCUT2D eigenvalue weighted by Crippen LogP contribution is -2.47. The lowest BCUT2D eigenvalue weighted by atomic mass is 10.3. The molecule has 0 spiro atoms. The van der Waals surface area contributed by atoms with E-state index in [0.717, 1.165) is 16.7 Å². The highest BCUT2D eigenvalue weighted by atomic mass is 32.2. The fourth-order valence-electron chi connectivity index (χ4n) is 0.844. The summed E-state index contributed by atoms with van der Waals surface area (Å²) in [6, 6.07) is -0.980. The number of primary amides is 1. The molecule has 72 valence electrons. The second-order valence-electron chi connectivity index (χ2n) is 2.57. The number of carbonyl (C=O) groups excluding carboxylic acids is 3. The first-order valence-electron chi connectivity index (χ1n) is 3.54. The van der Waals surface area contributed by atoms with Crippen molar-refractivity contribution in [3.05, 3.63) is 0 Å². The summed E-state index contributed by atoms with van der Waals surface area (Å²) in [6.45, 7) is -0.125. The first kappa shape index (κ1) is 10.0. The second-order valence-corrected chi connectivity index (χ2v) is 3.49. The van der Waals surface area contributed by atoms with E-state index in [1.807, 2.05) is 0 Å². The summed E-state index contributed by atoms with van der Waals surface area (Å²) >= 11 is 0.897. The fourth-order valence-corrected chi connectivity index (χ4v) is 1.58. The Kier molecular flexibility index (Phi) is 2.89. The molecule has 6 nitrogen and oxygen atoms in total. The lowest BCUT2D eigenvalue weighted by Gasteiger charge is -2.15. The topological polar surface area (TPSA) is 106 Å². The minimum absolute atomic E-state index is 0.115. The summed E-state index contributed by atoms with van der Waals surface area (Å²) in [5.41, 5.74) is 10.2. The van der Waals surface area contributed by atoms with E-state index in [0.29, 0.717) is 0 Å². The summed E-state index contributed by atoms with van der Waals surface area (Å²) in [6.07, 6.45) is 0. The predicted octanol–water partition coefficient (Wildman–Crippen LogP) is -1.51. The smallest absolute Gasteiger partial charge is 0.288 e. The quantitative estimate of drug-likeness (QED) is 0.580. The van der Waals surface area contributed by atoms with E-state index in [4.69, 9.17) is 11.5 Å². The second kappa shape index (κ2) is 3.75. The molecule has 0 aromatic heterocycles. The molecule has 0 bridgehead atoms. The van der Waals surface area contributed by atoms with Crippen LogP contribution in [0.4, 0.5) is 4.79 Å². The van der Waals surface area contributed by atoms with E-state index in [1.54, 1.807) is 0 Å². The van der Waals surface area contributed by atoms with E-state index in [-0.39, 0.29) is 23.4 Å². The van der Waals surface area contributed by atoms with Crippen molar-refractivity contribution < 1.29 is 14.4 Å². The number of amides is 3. The third kappa shape index (κ3) is 2.19.